The van der Waals surface area contributed by atoms with Gasteiger partial charge in [0.25, 0.3) is 0 Å². The molecule has 88 valence electrons. The molecule has 0 aromatic rings. The van der Waals surface area contributed by atoms with Crippen molar-refractivity contribution in [2.45, 2.75) is 25.1 Å². The van der Waals surface area contributed by atoms with E-state index < -0.39 is 12.8 Å². The summed E-state index contributed by atoms with van der Waals surface area (Å²) in [5.74, 6) is 0. The molecule has 1 rings (SSSR count). The van der Waals surface area contributed by atoms with Crippen LogP contribution in [0.5, 0.6) is 0 Å². The van der Waals surface area contributed by atoms with Gasteiger partial charge in [-0.25, -0.2) is 4.79 Å². The van der Waals surface area contributed by atoms with Gasteiger partial charge in [0, 0.05) is 6.61 Å². The number of carbonyl (C=O) groups is 1. The van der Waals surface area contributed by atoms with Crippen LogP contribution < -0.4 is 0 Å². The molecule has 7 heteroatoms. The first-order valence-corrected chi connectivity index (χ1v) is 9.49. The van der Waals surface area contributed by atoms with Gasteiger partial charge in [0.2, 0.25) is 6.69 Å². The van der Waals surface area contributed by atoms with E-state index in [0.29, 0.717) is 13.2 Å². The molecular formula is C8H14Cl2O4Si. The van der Waals surface area contributed by atoms with E-state index in [0.717, 1.165) is 12.5 Å². The van der Waals surface area contributed by atoms with E-state index in [1.807, 2.05) is 6.55 Å². The summed E-state index contributed by atoms with van der Waals surface area (Å²) in [6.07, 6.45) is -0.0599. The normalized spacial score (nSPS) is 21.3. The highest BCUT2D eigenvalue weighted by Crippen LogP contribution is 2.21. The molecule has 0 N–H and O–H groups in total. The van der Waals surface area contributed by atoms with Gasteiger partial charge >= 0.3 is 6.16 Å². The van der Waals surface area contributed by atoms with Crippen molar-refractivity contribution in [2.75, 3.05) is 19.8 Å². The Hall–Kier alpha value is 0.0269. The first kappa shape index (κ1) is 13.1. The summed E-state index contributed by atoms with van der Waals surface area (Å²) in [5, 5.41) is 0. The Balaban J connectivity index is 1.95. The van der Waals surface area contributed by atoms with Gasteiger partial charge < -0.3 is 14.2 Å². The molecule has 1 heterocycles. The number of ether oxygens (including phenoxy) is 3. The average molecular weight is 273 g/mol. The van der Waals surface area contributed by atoms with Gasteiger partial charge in [-0.15, -0.1) is 22.2 Å². The highest BCUT2D eigenvalue weighted by molar-refractivity contribution is 7.44. The zero-order valence-corrected chi connectivity index (χ0v) is 11.0. The van der Waals surface area contributed by atoms with Gasteiger partial charge in [-0.3, -0.25) is 0 Å². The van der Waals surface area contributed by atoms with Crippen molar-refractivity contribution in [2.24, 2.45) is 0 Å². The van der Waals surface area contributed by atoms with Crippen LogP contribution in [-0.2, 0) is 14.2 Å². The third-order valence-corrected chi connectivity index (χ3v) is 4.22. The maximum atomic E-state index is 10.5. The lowest BCUT2D eigenvalue weighted by Gasteiger charge is -2.10. The quantitative estimate of drug-likeness (QED) is 0.323. The van der Waals surface area contributed by atoms with Gasteiger partial charge in [0.1, 0.15) is 6.61 Å². The van der Waals surface area contributed by atoms with Crippen LogP contribution in [0.15, 0.2) is 0 Å². The van der Waals surface area contributed by atoms with Crippen molar-refractivity contribution >= 4 is 35.0 Å². The van der Waals surface area contributed by atoms with Crippen molar-refractivity contribution in [3.63, 3.8) is 0 Å². The molecule has 1 unspecified atom stereocenters. The average Bonchev–Trinajstić information content (AvgIpc) is 2.49. The number of rotatable bonds is 6. The standard InChI is InChI=1S/C8H14Cl2O4Si/c1-15(9,10)4-2-3-12-5-7-6-13-8(11)14-7/h7H,2-6H2,1H3. The minimum atomic E-state index is -2.00. The molecule has 1 aliphatic rings. The largest absolute Gasteiger partial charge is 0.508 e. The number of halogens is 2. The molecule has 0 bridgehead atoms. The summed E-state index contributed by atoms with van der Waals surface area (Å²) in [7, 11) is 0. The van der Waals surface area contributed by atoms with Gasteiger partial charge in [-0.05, 0) is 19.0 Å². The third kappa shape index (κ3) is 6.24. The molecule has 1 saturated heterocycles. The predicted molar refractivity (Wildman–Crippen MR) is 59.8 cm³/mol. The van der Waals surface area contributed by atoms with Crippen LogP contribution in [0.1, 0.15) is 6.42 Å². The third-order valence-electron chi connectivity index (χ3n) is 1.86. The van der Waals surface area contributed by atoms with Crippen LogP contribution in [0.4, 0.5) is 4.79 Å². The molecule has 0 aliphatic carbocycles. The molecule has 0 radical (unpaired) electrons. The Morgan fingerprint density at radius 2 is 2.33 bits per heavy atom. The zero-order chi connectivity index (χ0) is 11.3. The van der Waals surface area contributed by atoms with E-state index in [1.54, 1.807) is 0 Å². The minimum absolute atomic E-state index is 0.270. The minimum Gasteiger partial charge on any atom is -0.430 e. The first-order chi connectivity index (χ1) is 6.97. The van der Waals surface area contributed by atoms with E-state index >= 15 is 0 Å². The Morgan fingerprint density at radius 3 is 2.87 bits per heavy atom. The fourth-order valence-electron chi connectivity index (χ4n) is 1.15. The maximum Gasteiger partial charge on any atom is 0.508 e. The number of hydrogen-bond acceptors (Lipinski definition) is 4. The zero-order valence-electron chi connectivity index (χ0n) is 8.50. The van der Waals surface area contributed by atoms with E-state index in [9.17, 15) is 4.79 Å². The second-order valence-corrected chi connectivity index (χ2v) is 11.8. The highest BCUT2D eigenvalue weighted by Gasteiger charge is 2.25. The van der Waals surface area contributed by atoms with Gasteiger partial charge in [0.05, 0.1) is 6.61 Å². The highest BCUT2D eigenvalue weighted by atomic mass is 35.7. The molecule has 1 aliphatic heterocycles. The topological polar surface area (TPSA) is 44.8 Å². The second-order valence-electron chi connectivity index (χ2n) is 3.55. The van der Waals surface area contributed by atoms with E-state index in [-0.39, 0.29) is 12.7 Å². The van der Waals surface area contributed by atoms with Crippen LogP contribution in [-0.4, -0.2) is 38.8 Å². The van der Waals surface area contributed by atoms with Gasteiger partial charge in [0.15, 0.2) is 6.10 Å². The molecule has 0 saturated carbocycles. The van der Waals surface area contributed by atoms with E-state index in [4.69, 9.17) is 31.6 Å². The second kappa shape index (κ2) is 5.93. The molecular weight excluding hydrogens is 259 g/mol. The summed E-state index contributed by atoms with van der Waals surface area (Å²) >= 11 is 11.8. The van der Waals surface area contributed by atoms with Crippen molar-refractivity contribution in [1.29, 1.82) is 0 Å². The van der Waals surface area contributed by atoms with Crippen molar-refractivity contribution < 1.29 is 19.0 Å². The smallest absolute Gasteiger partial charge is 0.430 e. The molecule has 0 spiro atoms. The Bertz CT molecular complexity index is 219. The van der Waals surface area contributed by atoms with E-state index in [1.165, 1.54) is 0 Å². The lowest BCUT2D eigenvalue weighted by molar-refractivity contribution is 0.0462. The van der Waals surface area contributed by atoms with Gasteiger partial charge in [-0.2, -0.15) is 0 Å². The van der Waals surface area contributed by atoms with Crippen LogP contribution in [0.25, 0.3) is 0 Å². The number of carbonyl (C=O) groups excluding carboxylic acids is 1. The summed E-state index contributed by atoms with van der Waals surface area (Å²) < 4.78 is 14.7. The number of hydrogen-bond donors (Lipinski definition) is 0. The molecule has 1 fully saturated rings. The molecule has 1 atom stereocenters. The fourth-order valence-corrected chi connectivity index (χ4v) is 2.71. The summed E-state index contributed by atoms with van der Waals surface area (Å²) in [6, 6.07) is 0.803. The van der Waals surface area contributed by atoms with Crippen molar-refractivity contribution in [1.82, 2.24) is 0 Å². The molecule has 0 aromatic heterocycles. The Kier molecular flexibility index (Phi) is 5.18. The molecule has 0 aromatic carbocycles. The summed E-state index contributed by atoms with van der Waals surface area (Å²) in [6.45, 7) is 1.11. The number of cyclic esters (lactones) is 2. The summed E-state index contributed by atoms with van der Waals surface area (Å²) in [4.78, 5) is 10.5. The first-order valence-electron chi connectivity index (χ1n) is 4.76. The monoisotopic (exact) mass is 272 g/mol. The van der Waals surface area contributed by atoms with Crippen LogP contribution >= 0.6 is 22.2 Å². The fraction of sp³-hybridized carbons (Fsp3) is 0.875. The van der Waals surface area contributed by atoms with Crippen LogP contribution in [0, 0.1) is 0 Å². The van der Waals surface area contributed by atoms with Gasteiger partial charge in [-0.1, -0.05) is 0 Å². The van der Waals surface area contributed by atoms with Crippen molar-refractivity contribution in [3.05, 3.63) is 0 Å². The van der Waals surface area contributed by atoms with Crippen LogP contribution in [0.3, 0.4) is 0 Å². The lowest BCUT2D eigenvalue weighted by atomic mass is 10.4. The van der Waals surface area contributed by atoms with Crippen molar-refractivity contribution in [3.8, 4) is 0 Å². The van der Waals surface area contributed by atoms with Crippen LogP contribution in [0.2, 0.25) is 12.6 Å². The summed E-state index contributed by atoms with van der Waals surface area (Å²) in [5.41, 5.74) is 0. The van der Waals surface area contributed by atoms with E-state index in [2.05, 4.69) is 4.74 Å². The Morgan fingerprint density at radius 1 is 1.60 bits per heavy atom. The maximum absolute atomic E-state index is 10.5. The lowest BCUT2D eigenvalue weighted by Crippen LogP contribution is -2.19. The molecule has 15 heavy (non-hydrogen) atoms. The Labute approximate surface area is 99.2 Å². The predicted octanol–water partition coefficient (Wildman–Crippen LogP) is 2.48. The SMILES string of the molecule is C[Si](Cl)(Cl)CCCOCC1COC(=O)O1. The molecule has 4 nitrogen and oxygen atoms in total. The molecule has 0 amide bonds.